The maximum Gasteiger partial charge on any atom is -0.0287 e. The van der Waals surface area contributed by atoms with Gasteiger partial charge in [0.05, 0.1) is 0 Å². The van der Waals surface area contributed by atoms with Crippen molar-refractivity contribution in [3.63, 3.8) is 0 Å². The lowest BCUT2D eigenvalue weighted by Crippen LogP contribution is -2.47. The second kappa shape index (κ2) is 24.2. The summed E-state index contributed by atoms with van der Waals surface area (Å²) in [5.74, 6) is 5.78. The van der Waals surface area contributed by atoms with Crippen molar-refractivity contribution in [3.05, 3.63) is 0 Å². The fourth-order valence-corrected chi connectivity index (χ4v) is 7.29. The summed E-state index contributed by atoms with van der Waals surface area (Å²) in [5, 5.41) is 0. The standard InChI is InChI=1S/C17H32.C9H16.C6H14.C5H12.C3H8.2C2H6/c1-13-5-7-15(8-6-13)16-11-14(2)9-10-17(3,4)12-16;1-8(2)6-9(7-8)4-3-5-9;1-5(2)6(3)4;1-5(2,3)4;1-3-2;2*1-2/h13-16H,5-12H2,1-4H3;3-7H2,1-2H3;5-6H,1-4H3;1-4H3;3H2,1-2H3;2*1-2H3. The molecule has 0 bridgehead atoms. The third-order valence-corrected chi connectivity index (χ3v) is 10.0. The molecular formula is C44H94. The smallest absolute Gasteiger partial charge is 0.0287 e. The van der Waals surface area contributed by atoms with Crippen molar-refractivity contribution in [1.82, 2.24) is 0 Å². The third kappa shape index (κ3) is 25.1. The monoisotopic (exact) mass is 623 g/mol. The molecule has 4 fully saturated rings. The molecule has 0 amide bonds. The third-order valence-electron chi connectivity index (χ3n) is 10.0. The van der Waals surface area contributed by atoms with Crippen LogP contribution in [-0.2, 0) is 0 Å². The van der Waals surface area contributed by atoms with E-state index in [9.17, 15) is 0 Å². The van der Waals surface area contributed by atoms with Crippen molar-refractivity contribution >= 4 is 0 Å². The molecule has 0 aromatic carbocycles. The zero-order valence-corrected chi connectivity index (χ0v) is 35.4. The van der Waals surface area contributed by atoms with Gasteiger partial charge in [0.25, 0.3) is 0 Å². The predicted octanol–water partition coefficient (Wildman–Crippen LogP) is 16.5. The van der Waals surface area contributed by atoms with Gasteiger partial charge < -0.3 is 0 Å². The highest BCUT2D eigenvalue weighted by Gasteiger charge is 2.51. The molecule has 2 atom stereocenters. The molecule has 4 rings (SSSR count). The molecule has 44 heavy (non-hydrogen) atoms. The van der Waals surface area contributed by atoms with Gasteiger partial charge in [0, 0.05) is 0 Å². The SMILES string of the molecule is CC.CC.CC(C)(C)C.CC(C)C(C)C.CC1(C)CC2(CCC2)C1.CC1CCC(C2CC(C)CCC(C)(C)C2)CC1.CCC. The van der Waals surface area contributed by atoms with E-state index in [0.29, 0.717) is 16.2 Å². The molecule has 0 saturated heterocycles. The van der Waals surface area contributed by atoms with Crippen molar-refractivity contribution in [1.29, 1.82) is 0 Å². The highest BCUT2D eigenvalue weighted by Crippen LogP contribution is 2.63. The van der Waals surface area contributed by atoms with Crippen LogP contribution in [0.2, 0.25) is 0 Å². The Morgan fingerprint density at radius 3 is 1.25 bits per heavy atom. The van der Waals surface area contributed by atoms with Crippen molar-refractivity contribution in [2.45, 2.75) is 228 Å². The van der Waals surface area contributed by atoms with E-state index in [-0.39, 0.29) is 0 Å². The van der Waals surface area contributed by atoms with E-state index in [0.717, 1.165) is 40.9 Å². The van der Waals surface area contributed by atoms with Gasteiger partial charge in [0.15, 0.2) is 0 Å². The first kappa shape index (κ1) is 48.4. The molecule has 0 N–H and O–H groups in total. The average Bonchev–Trinajstić information content (AvgIpc) is 3.01. The summed E-state index contributed by atoms with van der Waals surface area (Å²) in [4.78, 5) is 0. The van der Waals surface area contributed by atoms with Crippen LogP contribution in [0, 0.1) is 57.2 Å². The summed E-state index contributed by atoms with van der Waals surface area (Å²) in [6.45, 7) is 44.7. The Hall–Kier alpha value is 0. The molecule has 0 aliphatic heterocycles. The summed E-state index contributed by atoms with van der Waals surface area (Å²) in [5.41, 5.74) is 2.70. The highest BCUT2D eigenvalue weighted by molar-refractivity contribution is 5.03. The molecule has 4 aliphatic carbocycles. The van der Waals surface area contributed by atoms with Crippen LogP contribution in [0.4, 0.5) is 0 Å². The van der Waals surface area contributed by atoms with Crippen LogP contribution in [0.15, 0.2) is 0 Å². The van der Waals surface area contributed by atoms with Crippen LogP contribution >= 0.6 is 0 Å². The lowest BCUT2D eigenvalue weighted by Gasteiger charge is -2.59. The van der Waals surface area contributed by atoms with Crippen molar-refractivity contribution < 1.29 is 0 Å². The zero-order chi connectivity index (χ0) is 35.4. The Bertz CT molecular complexity index is 593. The van der Waals surface area contributed by atoms with E-state index in [1.807, 2.05) is 27.7 Å². The largest absolute Gasteiger partial charge is 0.0683 e. The van der Waals surface area contributed by atoms with E-state index in [4.69, 9.17) is 0 Å². The van der Waals surface area contributed by atoms with Gasteiger partial charge in [-0.05, 0) is 115 Å². The average molecular weight is 623 g/mol. The fourth-order valence-electron chi connectivity index (χ4n) is 7.29. The van der Waals surface area contributed by atoms with E-state index >= 15 is 0 Å². The molecule has 0 aromatic rings. The maximum atomic E-state index is 2.50. The molecule has 0 heterocycles. The van der Waals surface area contributed by atoms with Crippen LogP contribution in [0.1, 0.15) is 228 Å². The summed E-state index contributed by atoms with van der Waals surface area (Å²) in [7, 11) is 0. The molecule has 0 radical (unpaired) electrons. The molecule has 0 heteroatoms. The van der Waals surface area contributed by atoms with Crippen molar-refractivity contribution in [2.24, 2.45) is 57.2 Å². The van der Waals surface area contributed by atoms with Crippen molar-refractivity contribution in [2.75, 3.05) is 0 Å². The summed E-state index contributed by atoms with van der Waals surface area (Å²) < 4.78 is 0. The molecule has 4 saturated carbocycles. The lowest BCUT2D eigenvalue weighted by molar-refractivity contribution is -0.0751. The number of hydrogen-bond donors (Lipinski definition) is 0. The second-order valence-corrected chi connectivity index (χ2v) is 19.1. The Morgan fingerprint density at radius 1 is 0.591 bits per heavy atom. The first-order valence-electron chi connectivity index (χ1n) is 20.1. The maximum absolute atomic E-state index is 2.50. The zero-order valence-electron chi connectivity index (χ0n) is 35.4. The van der Waals surface area contributed by atoms with E-state index in [1.54, 1.807) is 0 Å². The normalized spacial score (nSPS) is 27.4. The minimum absolute atomic E-state index is 0.500. The first-order valence-corrected chi connectivity index (χ1v) is 20.1. The van der Waals surface area contributed by atoms with Crippen LogP contribution in [0.3, 0.4) is 0 Å². The second-order valence-electron chi connectivity index (χ2n) is 19.1. The number of hydrogen-bond acceptors (Lipinski definition) is 0. The molecule has 0 aromatic heterocycles. The topological polar surface area (TPSA) is 0 Å². The molecule has 4 aliphatic rings. The first-order chi connectivity index (χ1) is 20.1. The molecule has 0 nitrogen and oxygen atoms in total. The highest BCUT2D eigenvalue weighted by atomic mass is 14.6. The van der Waals surface area contributed by atoms with E-state index in [1.165, 1.54) is 89.9 Å². The summed E-state index contributed by atoms with van der Waals surface area (Å²) in [6, 6.07) is 0. The van der Waals surface area contributed by atoms with Crippen LogP contribution < -0.4 is 0 Å². The van der Waals surface area contributed by atoms with Gasteiger partial charge in [-0.25, -0.2) is 0 Å². The Morgan fingerprint density at radius 2 is 0.977 bits per heavy atom. The Kier molecular flexibility index (Phi) is 26.6. The van der Waals surface area contributed by atoms with Gasteiger partial charge in [-0.1, -0.05) is 171 Å². The Labute approximate surface area is 284 Å². The molecular weight excluding hydrogens is 528 g/mol. The summed E-state index contributed by atoms with van der Waals surface area (Å²) in [6.07, 6.45) is 20.8. The van der Waals surface area contributed by atoms with Crippen LogP contribution in [0.5, 0.6) is 0 Å². The minimum Gasteiger partial charge on any atom is -0.0683 e. The molecule has 2 unspecified atom stereocenters. The van der Waals surface area contributed by atoms with E-state index < -0.39 is 0 Å². The molecule has 1 spiro atoms. The Balaban J connectivity index is -0.000000526. The van der Waals surface area contributed by atoms with Gasteiger partial charge in [-0.15, -0.1) is 0 Å². The number of rotatable bonds is 2. The minimum atomic E-state index is 0.500. The van der Waals surface area contributed by atoms with Crippen LogP contribution in [-0.4, -0.2) is 0 Å². The van der Waals surface area contributed by atoms with Gasteiger partial charge in [-0.2, -0.15) is 0 Å². The molecule has 270 valence electrons. The van der Waals surface area contributed by atoms with Crippen LogP contribution in [0.25, 0.3) is 0 Å². The predicted molar refractivity (Wildman–Crippen MR) is 209 cm³/mol. The fraction of sp³-hybridized carbons (Fsp3) is 1.00. The van der Waals surface area contributed by atoms with Crippen molar-refractivity contribution in [3.8, 4) is 0 Å². The van der Waals surface area contributed by atoms with Gasteiger partial charge in [0.1, 0.15) is 0 Å². The van der Waals surface area contributed by atoms with Gasteiger partial charge in [-0.3, -0.25) is 0 Å². The summed E-state index contributed by atoms with van der Waals surface area (Å²) >= 11 is 0. The van der Waals surface area contributed by atoms with E-state index in [2.05, 4.69) is 111 Å². The van der Waals surface area contributed by atoms with Gasteiger partial charge in [0.2, 0.25) is 0 Å². The lowest BCUT2D eigenvalue weighted by atomic mass is 9.46. The van der Waals surface area contributed by atoms with Gasteiger partial charge >= 0.3 is 0 Å². The quantitative estimate of drug-likeness (QED) is 0.269.